The minimum atomic E-state index is -0.711. The summed E-state index contributed by atoms with van der Waals surface area (Å²) in [6.45, 7) is 0.320. The Balaban J connectivity index is 1.72. The normalized spacial score (nSPS) is 11.6. The lowest BCUT2D eigenvalue weighted by Crippen LogP contribution is -2.47. The van der Waals surface area contributed by atoms with Crippen molar-refractivity contribution in [2.45, 2.75) is 19.0 Å². The van der Waals surface area contributed by atoms with Gasteiger partial charge in [-0.15, -0.1) is 11.3 Å². The first-order valence-corrected chi connectivity index (χ1v) is 9.69. The molecule has 0 radical (unpaired) electrons. The van der Waals surface area contributed by atoms with Gasteiger partial charge in [-0.2, -0.15) is 0 Å². The van der Waals surface area contributed by atoms with Crippen molar-refractivity contribution in [3.05, 3.63) is 87.3 Å². The van der Waals surface area contributed by atoms with Gasteiger partial charge in [-0.25, -0.2) is 4.98 Å². The second kappa shape index (κ2) is 9.30. The molecule has 0 saturated heterocycles. The quantitative estimate of drug-likeness (QED) is 0.639. The molecule has 27 heavy (non-hydrogen) atoms. The maximum atomic E-state index is 12.7. The van der Waals surface area contributed by atoms with Crippen LogP contribution in [0.3, 0.4) is 0 Å². The molecule has 0 unspecified atom stereocenters. The van der Waals surface area contributed by atoms with Gasteiger partial charge >= 0.3 is 0 Å². The highest BCUT2D eigenvalue weighted by atomic mass is 35.5. The monoisotopic (exact) mass is 399 g/mol. The van der Waals surface area contributed by atoms with Gasteiger partial charge in [0, 0.05) is 22.4 Å². The van der Waals surface area contributed by atoms with Gasteiger partial charge in [-0.3, -0.25) is 9.59 Å². The summed E-state index contributed by atoms with van der Waals surface area (Å²) in [6.07, 6.45) is 0.385. The van der Waals surface area contributed by atoms with E-state index in [1.807, 2.05) is 35.7 Å². The van der Waals surface area contributed by atoms with Crippen LogP contribution in [0, 0.1) is 0 Å². The number of rotatable bonds is 7. The Morgan fingerprint density at radius 1 is 1.11 bits per heavy atom. The molecule has 1 atom stereocenters. The van der Waals surface area contributed by atoms with Gasteiger partial charge in [0.2, 0.25) is 5.91 Å². The molecule has 7 heteroatoms. The van der Waals surface area contributed by atoms with Crippen LogP contribution in [0.2, 0.25) is 5.02 Å². The molecule has 0 aliphatic heterocycles. The van der Waals surface area contributed by atoms with E-state index in [1.54, 1.807) is 29.8 Å². The zero-order chi connectivity index (χ0) is 19.1. The standard InChI is InChI=1S/C20H18ClN3O2S/c21-16-8-4-7-15(10-16)19(25)24-18(9-14-5-2-1-3-6-14)20(26)22-11-17-12-27-13-23-17/h1-8,10,12-13,18H,9,11H2,(H,22,26)(H,24,25)/t18-/m1/s1. The summed E-state index contributed by atoms with van der Waals surface area (Å²) >= 11 is 7.43. The second-order valence-corrected chi connectivity index (χ2v) is 7.08. The second-order valence-electron chi connectivity index (χ2n) is 5.92. The lowest BCUT2D eigenvalue weighted by molar-refractivity contribution is -0.123. The first-order chi connectivity index (χ1) is 13.1. The highest BCUT2D eigenvalue weighted by Crippen LogP contribution is 2.11. The number of carbonyl (C=O) groups excluding carboxylic acids is 2. The molecule has 138 valence electrons. The molecule has 1 aromatic heterocycles. The van der Waals surface area contributed by atoms with Crippen molar-refractivity contribution in [3.63, 3.8) is 0 Å². The fourth-order valence-corrected chi connectivity index (χ4v) is 3.30. The Hall–Kier alpha value is -2.70. The molecule has 2 aromatic carbocycles. The van der Waals surface area contributed by atoms with Crippen molar-refractivity contribution in [1.29, 1.82) is 0 Å². The Bertz CT molecular complexity index is 901. The molecular weight excluding hydrogens is 382 g/mol. The minimum Gasteiger partial charge on any atom is -0.349 e. The predicted molar refractivity (Wildman–Crippen MR) is 107 cm³/mol. The van der Waals surface area contributed by atoms with Gasteiger partial charge in [0.05, 0.1) is 17.7 Å². The Kier molecular flexibility index (Phi) is 6.57. The number of nitrogens with zero attached hydrogens (tertiary/aromatic N) is 1. The van der Waals surface area contributed by atoms with Crippen LogP contribution in [-0.4, -0.2) is 22.8 Å². The van der Waals surface area contributed by atoms with Crippen LogP contribution in [0.5, 0.6) is 0 Å². The van der Waals surface area contributed by atoms with E-state index in [1.165, 1.54) is 11.3 Å². The summed E-state index contributed by atoms with van der Waals surface area (Å²) in [5.41, 5.74) is 3.86. The molecule has 3 aromatic rings. The van der Waals surface area contributed by atoms with Crippen LogP contribution in [0.4, 0.5) is 0 Å². The van der Waals surface area contributed by atoms with E-state index in [0.717, 1.165) is 11.3 Å². The van der Waals surface area contributed by atoms with Gasteiger partial charge in [0.1, 0.15) is 6.04 Å². The molecule has 0 bridgehead atoms. The third-order valence-electron chi connectivity index (χ3n) is 3.92. The minimum absolute atomic E-state index is 0.262. The van der Waals surface area contributed by atoms with Crippen LogP contribution in [0.25, 0.3) is 0 Å². The number of aromatic nitrogens is 1. The first kappa shape index (κ1) is 19.1. The Morgan fingerprint density at radius 2 is 1.93 bits per heavy atom. The van der Waals surface area contributed by atoms with Crippen LogP contribution in [-0.2, 0) is 17.8 Å². The molecule has 3 rings (SSSR count). The molecular formula is C20H18ClN3O2S. The van der Waals surface area contributed by atoms with Gasteiger partial charge in [0.15, 0.2) is 0 Å². The van der Waals surface area contributed by atoms with Crippen molar-refractivity contribution in [2.75, 3.05) is 0 Å². The molecule has 0 aliphatic rings. The smallest absolute Gasteiger partial charge is 0.251 e. The molecule has 1 heterocycles. The first-order valence-electron chi connectivity index (χ1n) is 8.37. The molecule has 0 aliphatic carbocycles. The predicted octanol–water partition coefficient (Wildman–Crippen LogP) is 3.45. The lowest BCUT2D eigenvalue weighted by Gasteiger charge is -2.18. The summed E-state index contributed by atoms with van der Waals surface area (Å²) in [7, 11) is 0. The van der Waals surface area contributed by atoms with Gasteiger partial charge in [-0.05, 0) is 23.8 Å². The van der Waals surface area contributed by atoms with Gasteiger partial charge in [0.25, 0.3) is 5.91 Å². The summed E-state index contributed by atoms with van der Waals surface area (Å²) in [6, 6.07) is 15.5. The van der Waals surface area contributed by atoms with Crippen molar-refractivity contribution in [1.82, 2.24) is 15.6 Å². The Labute approximate surface area is 166 Å². The number of thiazole rings is 1. The zero-order valence-corrected chi connectivity index (χ0v) is 16.0. The maximum absolute atomic E-state index is 12.7. The number of nitrogens with one attached hydrogen (secondary N) is 2. The average Bonchev–Trinajstić information content (AvgIpc) is 3.20. The fourth-order valence-electron chi connectivity index (χ4n) is 2.56. The van der Waals surface area contributed by atoms with E-state index in [-0.39, 0.29) is 11.8 Å². The lowest BCUT2D eigenvalue weighted by atomic mass is 10.0. The van der Waals surface area contributed by atoms with Gasteiger partial charge < -0.3 is 10.6 Å². The average molecular weight is 400 g/mol. The summed E-state index contributed by atoms with van der Waals surface area (Å²) in [5, 5.41) is 7.99. The summed E-state index contributed by atoms with van der Waals surface area (Å²) < 4.78 is 0. The molecule has 0 spiro atoms. The number of carbonyl (C=O) groups is 2. The number of amides is 2. The molecule has 0 fully saturated rings. The Morgan fingerprint density at radius 3 is 2.63 bits per heavy atom. The molecule has 2 amide bonds. The van der Waals surface area contributed by atoms with E-state index in [4.69, 9.17) is 11.6 Å². The highest BCUT2D eigenvalue weighted by molar-refractivity contribution is 7.07. The maximum Gasteiger partial charge on any atom is 0.251 e. The zero-order valence-electron chi connectivity index (χ0n) is 14.4. The topological polar surface area (TPSA) is 71.1 Å². The number of hydrogen-bond acceptors (Lipinski definition) is 4. The SMILES string of the molecule is O=C(N[C@H](Cc1ccccc1)C(=O)NCc1cscn1)c1cccc(Cl)c1. The van der Waals surface area contributed by atoms with Crippen molar-refractivity contribution >= 4 is 34.8 Å². The molecule has 0 saturated carbocycles. The van der Waals surface area contributed by atoms with E-state index in [2.05, 4.69) is 15.6 Å². The van der Waals surface area contributed by atoms with E-state index < -0.39 is 6.04 Å². The highest BCUT2D eigenvalue weighted by Gasteiger charge is 2.22. The van der Waals surface area contributed by atoms with E-state index >= 15 is 0 Å². The largest absolute Gasteiger partial charge is 0.349 e. The van der Waals surface area contributed by atoms with Crippen LogP contribution >= 0.6 is 22.9 Å². The van der Waals surface area contributed by atoms with E-state index in [9.17, 15) is 9.59 Å². The fraction of sp³-hybridized carbons (Fsp3) is 0.150. The summed E-state index contributed by atoms with van der Waals surface area (Å²) in [4.78, 5) is 29.4. The van der Waals surface area contributed by atoms with Crippen molar-refractivity contribution in [2.24, 2.45) is 0 Å². The number of hydrogen-bond donors (Lipinski definition) is 2. The molecule has 2 N–H and O–H groups in total. The van der Waals surface area contributed by atoms with Crippen LogP contribution < -0.4 is 10.6 Å². The number of halogens is 1. The van der Waals surface area contributed by atoms with Crippen molar-refractivity contribution < 1.29 is 9.59 Å². The van der Waals surface area contributed by atoms with Crippen LogP contribution in [0.15, 0.2) is 65.5 Å². The van der Waals surface area contributed by atoms with E-state index in [0.29, 0.717) is 23.6 Å². The van der Waals surface area contributed by atoms with Crippen LogP contribution in [0.1, 0.15) is 21.6 Å². The van der Waals surface area contributed by atoms with Gasteiger partial charge in [-0.1, -0.05) is 48.0 Å². The number of benzene rings is 2. The molecule has 5 nitrogen and oxygen atoms in total. The van der Waals surface area contributed by atoms with Crippen molar-refractivity contribution in [3.8, 4) is 0 Å². The third kappa shape index (κ3) is 5.64. The third-order valence-corrected chi connectivity index (χ3v) is 4.79. The summed E-state index contributed by atoms with van der Waals surface area (Å²) in [5.74, 6) is -0.607.